The average Bonchev–Trinajstić information content (AvgIpc) is 2.86. The average molecular weight is 201 g/mol. The molecule has 0 aliphatic heterocycles. The first-order valence-corrected chi connectivity index (χ1v) is 4.66. The van der Waals surface area contributed by atoms with E-state index in [0.717, 1.165) is 11.1 Å². The van der Waals surface area contributed by atoms with Gasteiger partial charge in [-0.2, -0.15) is 0 Å². The van der Waals surface area contributed by atoms with Crippen LogP contribution >= 0.6 is 0 Å². The summed E-state index contributed by atoms with van der Waals surface area (Å²) in [5.41, 5.74) is 1.31. The number of halogens is 1. The largest absolute Gasteiger partial charge is 0.463 e. The Hall–Kier alpha value is -2.03. The Morgan fingerprint density at radius 2 is 2.07 bits per heavy atom. The molecule has 0 unspecified atom stereocenters. The fourth-order valence-corrected chi connectivity index (χ4v) is 1.68. The standard InChI is InChI=1S/C12H8FNO/c13-9-4-1-3-8-7-10(14-12(8)9)11-5-2-6-15-11/h1-7,14H. The second-order valence-electron chi connectivity index (χ2n) is 3.36. The van der Waals surface area contributed by atoms with Gasteiger partial charge in [-0.05, 0) is 24.3 Å². The van der Waals surface area contributed by atoms with Crippen LogP contribution < -0.4 is 0 Å². The lowest BCUT2D eigenvalue weighted by Crippen LogP contribution is -1.76. The smallest absolute Gasteiger partial charge is 0.150 e. The molecule has 0 atom stereocenters. The van der Waals surface area contributed by atoms with E-state index in [2.05, 4.69) is 4.98 Å². The molecule has 0 aliphatic rings. The zero-order valence-electron chi connectivity index (χ0n) is 7.83. The molecule has 2 heterocycles. The molecule has 74 valence electrons. The van der Waals surface area contributed by atoms with Gasteiger partial charge < -0.3 is 9.40 Å². The minimum absolute atomic E-state index is 0.245. The number of fused-ring (bicyclic) bond motifs is 1. The summed E-state index contributed by atoms with van der Waals surface area (Å²) in [6, 6.07) is 10.5. The summed E-state index contributed by atoms with van der Waals surface area (Å²) in [5.74, 6) is 0.468. The van der Waals surface area contributed by atoms with Gasteiger partial charge >= 0.3 is 0 Å². The highest BCUT2D eigenvalue weighted by Crippen LogP contribution is 2.25. The van der Waals surface area contributed by atoms with E-state index in [4.69, 9.17) is 4.42 Å². The van der Waals surface area contributed by atoms with Crippen molar-refractivity contribution in [3.05, 3.63) is 48.5 Å². The molecular weight excluding hydrogens is 193 g/mol. The van der Waals surface area contributed by atoms with Crippen LogP contribution in [-0.2, 0) is 0 Å². The van der Waals surface area contributed by atoms with Crippen molar-refractivity contribution in [2.45, 2.75) is 0 Å². The van der Waals surface area contributed by atoms with Crippen LogP contribution in [0.2, 0.25) is 0 Å². The third-order valence-corrected chi connectivity index (χ3v) is 2.39. The van der Waals surface area contributed by atoms with Crippen LogP contribution in [0.15, 0.2) is 47.1 Å². The van der Waals surface area contributed by atoms with E-state index >= 15 is 0 Å². The first-order valence-electron chi connectivity index (χ1n) is 4.66. The van der Waals surface area contributed by atoms with Gasteiger partial charge in [0, 0.05) is 5.39 Å². The number of H-pyrrole nitrogens is 1. The summed E-state index contributed by atoms with van der Waals surface area (Å²) in [7, 11) is 0. The molecule has 0 amide bonds. The molecule has 3 rings (SSSR count). The molecule has 0 saturated carbocycles. The molecule has 1 N–H and O–H groups in total. The molecule has 0 saturated heterocycles. The molecule has 0 radical (unpaired) electrons. The lowest BCUT2D eigenvalue weighted by atomic mass is 10.2. The van der Waals surface area contributed by atoms with E-state index in [1.54, 1.807) is 18.4 Å². The van der Waals surface area contributed by atoms with Crippen molar-refractivity contribution in [3.63, 3.8) is 0 Å². The van der Waals surface area contributed by atoms with Gasteiger partial charge in [0.2, 0.25) is 0 Å². The predicted molar refractivity (Wildman–Crippen MR) is 56.0 cm³/mol. The quantitative estimate of drug-likeness (QED) is 0.640. The van der Waals surface area contributed by atoms with Crippen LogP contribution in [0.25, 0.3) is 22.4 Å². The lowest BCUT2D eigenvalue weighted by Gasteiger charge is -1.90. The number of hydrogen-bond acceptors (Lipinski definition) is 1. The van der Waals surface area contributed by atoms with Crippen molar-refractivity contribution in [2.75, 3.05) is 0 Å². The molecule has 2 aromatic heterocycles. The van der Waals surface area contributed by atoms with Crippen molar-refractivity contribution in [1.82, 2.24) is 4.98 Å². The predicted octanol–water partition coefficient (Wildman–Crippen LogP) is 3.57. The van der Waals surface area contributed by atoms with Gasteiger partial charge in [-0.15, -0.1) is 0 Å². The Morgan fingerprint density at radius 1 is 1.13 bits per heavy atom. The Balaban J connectivity index is 2.27. The molecule has 15 heavy (non-hydrogen) atoms. The number of nitrogens with one attached hydrogen (secondary N) is 1. The van der Waals surface area contributed by atoms with E-state index in [0.29, 0.717) is 11.3 Å². The van der Waals surface area contributed by atoms with E-state index in [1.807, 2.05) is 18.2 Å². The maximum Gasteiger partial charge on any atom is 0.150 e. The maximum absolute atomic E-state index is 13.4. The minimum Gasteiger partial charge on any atom is -0.463 e. The van der Waals surface area contributed by atoms with E-state index < -0.39 is 0 Å². The van der Waals surface area contributed by atoms with Gasteiger partial charge in [0.05, 0.1) is 17.5 Å². The van der Waals surface area contributed by atoms with Crippen LogP contribution in [0, 0.1) is 5.82 Å². The lowest BCUT2D eigenvalue weighted by molar-refractivity contribution is 0.580. The topological polar surface area (TPSA) is 28.9 Å². The van der Waals surface area contributed by atoms with E-state index in [1.165, 1.54) is 6.07 Å². The highest BCUT2D eigenvalue weighted by Gasteiger charge is 2.07. The van der Waals surface area contributed by atoms with Crippen molar-refractivity contribution < 1.29 is 8.81 Å². The van der Waals surface area contributed by atoms with Crippen LogP contribution in [-0.4, -0.2) is 4.98 Å². The number of aromatic nitrogens is 1. The van der Waals surface area contributed by atoms with Crippen molar-refractivity contribution in [2.24, 2.45) is 0 Å². The normalized spacial score (nSPS) is 11.0. The Labute approximate surface area is 85.3 Å². The molecule has 3 aromatic rings. The molecule has 0 spiro atoms. The highest BCUT2D eigenvalue weighted by atomic mass is 19.1. The number of hydrogen-bond donors (Lipinski definition) is 1. The second kappa shape index (κ2) is 2.98. The summed E-state index contributed by atoms with van der Waals surface area (Å²) < 4.78 is 18.6. The monoisotopic (exact) mass is 201 g/mol. The summed E-state index contributed by atoms with van der Waals surface area (Å²) in [5, 5.41) is 0.849. The molecular formula is C12H8FNO. The van der Waals surface area contributed by atoms with Crippen molar-refractivity contribution in [1.29, 1.82) is 0 Å². The number of para-hydroxylation sites is 1. The molecule has 0 fully saturated rings. The van der Waals surface area contributed by atoms with Gasteiger partial charge in [-0.3, -0.25) is 0 Å². The second-order valence-corrected chi connectivity index (χ2v) is 3.36. The maximum atomic E-state index is 13.4. The highest BCUT2D eigenvalue weighted by molar-refractivity contribution is 5.85. The first kappa shape index (κ1) is 8.29. The van der Waals surface area contributed by atoms with Crippen LogP contribution in [0.5, 0.6) is 0 Å². The summed E-state index contributed by atoms with van der Waals surface area (Å²) in [4.78, 5) is 3.00. The molecule has 3 heteroatoms. The Morgan fingerprint density at radius 3 is 2.80 bits per heavy atom. The van der Waals surface area contributed by atoms with Gasteiger partial charge in [-0.25, -0.2) is 4.39 Å². The van der Waals surface area contributed by atoms with Crippen LogP contribution in [0.1, 0.15) is 0 Å². The molecule has 1 aromatic carbocycles. The molecule has 2 nitrogen and oxygen atoms in total. The summed E-state index contributed by atoms with van der Waals surface area (Å²) in [6.45, 7) is 0. The van der Waals surface area contributed by atoms with Crippen LogP contribution in [0.4, 0.5) is 4.39 Å². The van der Waals surface area contributed by atoms with Gasteiger partial charge in [0.25, 0.3) is 0 Å². The van der Waals surface area contributed by atoms with Crippen LogP contribution in [0.3, 0.4) is 0 Å². The summed E-state index contributed by atoms with van der Waals surface area (Å²) >= 11 is 0. The van der Waals surface area contributed by atoms with Gasteiger partial charge in [-0.1, -0.05) is 12.1 Å². The fourth-order valence-electron chi connectivity index (χ4n) is 1.68. The molecule has 0 aliphatic carbocycles. The number of furan rings is 1. The van der Waals surface area contributed by atoms with Crippen molar-refractivity contribution >= 4 is 10.9 Å². The Bertz CT molecular complexity index is 595. The minimum atomic E-state index is -0.245. The first-order chi connectivity index (χ1) is 7.34. The van der Waals surface area contributed by atoms with Gasteiger partial charge in [0.15, 0.2) is 0 Å². The Kier molecular flexibility index (Phi) is 1.65. The number of benzene rings is 1. The zero-order chi connectivity index (χ0) is 10.3. The zero-order valence-corrected chi connectivity index (χ0v) is 7.83. The number of aromatic amines is 1. The summed E-state index contributed by atoms with van der Waals surface area (Å²) in [6.07, 6.45) is 1.59. The van der Waals surface area contributed by atoms with Gasteiger partial charge in [0.1, 0.15) is 11.6 Å². The third kappa shape index (κ3) is 1.24. The fraction of sp³-hybridized carbons (Fsp3) is 0. The van der Waals surface area contributed by atoms with Crippen molar-refractivity contribution in [3.8, 4) is 11.5 Å². The number of rotatable bonds is 1. The SMILES string of the molecule is Fc1cccc2cc(-c3ccco3)[nH]c12. The third-order valence-electron chi connectivity index (χ3n) is 2.39. The molecule has 0 bridgehead atoms. The van der Waals surface area contributed by atoms with E-state index in [-0.39, 0.29) is 5.82 Å². The van der Waals surface area contributed by atoms with E-state index in [9.17, 15) is 4.39 Å².